The molecule has 2 aromatic carbocycles. The number of aryl methyl sites for hydroxylation is 1. The summed E-state index contributed by atoms with van der Waals surface area (Å²) in [5.41, 5.74) is 1.31. The molecule has 1 fully saturated rings. The number of nitrogens with one attached hydrogen (secondary N) is 2. The molecule has 1 heterocycles. The van der Waals surface area contributed by atoms with E-state index in [1.807, 2.05) is 4.90 Å². The van der Waals surface area contributed by atoms with Gasteiger partial charge in [0.2, 0.25) is 0 Å². The molecule has 2 aromatic rings. The number of nitro benzene ring substituents is 2. The van der Waals surface area contributed by atoms with Crippen molar-refractivity contribution in [2.24, 2.45) is 0 Å². The van der Waals surface area contributed by atoms with Gasteiger partial charge in [-0.25, -0.2) is 0 Å². The molecule has 1 amide bonds. The first-order valence-electron chi connectivity index (χ1n) is 9.25. The number of non-ortho nitro benzene ring substituents is 1. The minimum absolute atomic E-state index is 0.0399. The number of amides is 1. The van der Waals surface area contributed by atoms with Crippen molar-refractivity contribution in [3.8, 4) is 0 Å². The van der Waals surface area contributed by atoms with Crippen LogP contribution in [0.15, 0.2) is 36.4 Å². The summed E-state index contributed by atoms with van der Waals surface area (Å²) < 4.78 is 5.27. The molecule has 0 atom stereocenters. The number of ether oxygens (including phenoxy) is 1. The summed E-state index contributed by atoms with van der Waals surface area (Å²) in [7, 11) is 0. The molecular formula is C19H19N5O6S. The van der Waals surface area contributed by atoms with Gasteiger partial charge in [0.05, 0.1) is 23.1 Å². The van der Waals surface area contributed by atoms with E-state index >= 15 is 0 Å². The highest BCUT2D eigenvalue weighted by Gasteiger charge is 2.23. The molecule has 0 aliphatic carbocycles. The SMILES string of the molecule is Cc1cc([N+](=O)[O-])ccc1NC(=S)NC(=O)c1ccc(N2CCOCC2)c([N+](=O)[O-])c1. The largest absolute Gasteiger partial charge is 0.378 e. The second-order valence-electron chi connectivity index (χ2n) is 6.72. The molecular weight excluding hydrogens is 426 g/mol. The van der Waals surface area contributed by atoms with Crippen LogP contribution in [0.1, 0.15) is 15.9 Å². The Morgan fingerprint density at radius 3 is 2.42 bits per heavy atom. The highest BCUT2D eigenvalue weighted by Crippen LogP contribution is 2.30. The number of carbonyl (C=O) groups excluding carboxylic acids is 1. The Balaban J connectivity index is 1.72. The molecule has 0 bridgehead atoms. The highest BCUT2D eigenvalue weighted by molar-refractivity contribution is 7.80. The number of hydrogen-bond donors (Lipinski definition) is 2. The lowest BCUT2D eigenvalue weighted by atomic mass is 10.1. The Bertz CT molecular complexity index is 1050. The maximum atomic E-state index is 12.6. The lowest BCUT2D eigenvalue weighted by Crippen LogP contribution is -2.37. The van der Waals surface area contributed by atoms with Gasteiger partial charge in [0.15, 0.2) is 5.11 Å². The van der Waals surface area contributed by atoms with Crippen LogP contribution < -0.4 is 15.5 Å². The Hall–Kier alpha value is -3.64. The van der Waals surface area contributed by atoms with E-state index in [0.29, 0.717) is 43.2 Å². The number of carbonyl (C=O) groups is 1. The van der Waals surface area contributed by atoms with Crippen LogP contribution in [0, 0.1) is 27.2 Å². The molecule has 0 saturated carbocycles. The van der Waals surface area contributed by atoms with Crippen molar-refractivity contribution >= 4 is 46.0 Å². The number of anilines is 2. The Labute approximate surface area is 182 Å². The molecule has 0 aromatic heterocycles. The molecule has 31 heavy (non-hydrogen) atoms. The zero-order valence-corrected chi connectivity index (χ0v) is 17.3. The topological polar surface area (TPSA) is 140 Å². The van der Waals surface area contributed by atoms with E-state index in [9.17, 15) is 25.0 Å². The Kier molecular flexibility index (Phi) is 6.72. The van der Waals surface area contributed by atoms with Gasteiger partial charge in [-0.05, 0) is 42.9 Å². The number of nitro groups is 2. The summed E-state index contributed by atoms with van der Waals surface area (Å²) >= 11 is 5.14. The second kappa shape index (κ2) is 9.45. The zero-order chi connectivity index (χ0) is 22.5. The van der Waals surface area contributed by atoms with Gasteiger partial charge in [-0.3, -0.25) is 30.3 Å². The third kappa shape index (κ3) is 5.29. The summed E-state index contributed by atoms with van der Waals surface area (Å²) in [5.74, 6) is -0.617. The Morgan fingerprint density at radius 2 is 1.81 bits per heavy atom. The van der Waals surface area contributed by atoms with E-state index in [1.54, 1.807) is 6.92 Å². The number of hydrogen-bond acceptors (Lipinski definition) is 8. The van der Waals surface area contributed by atoms with Crippen molar-refractivity contribution < 1.29 is 19.4 Å². The summed E-state index contributed by atoms with van der Waals surface area (Å²) in [6.07, 6.45) is 0. The minimum atomic E-state index is -0.617. The quantitative estimate of drug-likeness (QED) is 0.404. The lowest BCUT2D eigenvalue weighted by molar-refractivity contribution is -0.384. The molecule has 1 aliphatic rings. The van der Waals surface area contributed by atoms with Crippen LogP contribution in [0.4, 0.5) is 22.7 Å². The molecule has 0 spiro atoms. The molecule has 3 rings (SSSR count). The fraction of sp³-hybridized carbons (Fsp3) is 0.263. The molecule has 162 valence electrons. The van der Waals surface area contributed by atoms with Crippen LogP contribution in [0.5, 0.6) is 0 Å². The lowest BCUT2D eigenvalue weighted by Gasteiger charge is -2.28. The number of thiocarbonyl (C=S) groups is 1. The van der Waals surface area contributed by atoms with E-state index < -0.39 is 15.8 Å². The standard InChI is InChI=1S/C19H19N5O6S/c1-12-10-14(23(26)27)3-4-15(12)20-19(31)21-18(25)13-2-5-16(17(11-13)24(28)29)22-6-8-30-9-7-22/h2-5,10-11H,6-9H2,1H3,(H2,20,21,25,31). The number of rotatable bonds is 5. The monoisotopic (exact) mass is 445 g/mol. The van der Waals surface area contributed by atoms with Crippen molar-refractivity contribution in [2.45, 2.75) is 6.92 Å². The second-order valence-corrected chi connectivity index (χ2v) is 7.13. The van der Waals surface area contributed by atoms with Crippen LogP contribution >= 0.6 is 12.2 Å². The predicted molar refractivity (Wildman–Crippen MR) is 118 cm³/mol. The normalized spacial score (nSPS) is 13.4. The van der Waals surface area contributed by atoms with Gasteiger partial charge >= 0.3 is 0 Å². The summed E-state index contributed by atoms with van der Waals surface area (Å²) in [6, 6.07) is 8.41. The first kappa shape index (κ1) is 22.1. The van der Waals surface area contributed by atoms with E-state index in [-0.39, 0.29) is 22.1 Å². The third-order valence-corrected chi connectivity index (χ3v) is 4.89. The molecule has 1 saturated heterocycles. The van der Waals surface area contributed by atoms with E-state index in [2.05, 4.69) is 10.6 Å². The van der Waals surface area contributed by atoms with Crippen molar-refractivity contribution in [3.63, 3.8) is 0 Å². The first-order chi connectivity index (χ1) is 14.8. The average Bonchev–Trinajstić information content (AvgIpc) is 2.75. The smallest absolute Gasteiger partial charge is 0.293 e. The molecule has 0 radical (unpaired) electrons. The van der Waals surface area contributed by atoms with Gasteiger partial charge < -0.3 is 15.0 Å². The van der Waals surface area contributed by atoms with Crippen LogP contribution in [0.3, 0.4) is 0 Å². The molecule has 0 unspecified atom stereocenters. The maximum Gasteiger partial charge on any atom is 0.293 e. The maximum absolute atomic E-state index is 12.6. The van der Waals surface area contributed by atoms with E-state index in [0.717, 1.165) is 0 Å². The van der Waals surface area contributed by atoms with Gasteiger partial charge in [0, 0.05) is 42.5 Å². The number of morpholine rings is 1. The number of nitrogens with zero attached hydrogens (tertiary/aromatic N) is 3. The molecule has 1 aliphatic heterocycles. The molecule has 2 N–H and O–H groups in total. The van der Waals surface area contributed by atoms with Crippen LogP contribution in [0.25, 0.3) is 0 Å². The third-order valence-electron chi connectivity index (χ3n) is 4.68. The van der Waals surface area contributed by atoms with Crippen LogP contribution in [0.2, 0.25) is 0 Å². The van der Waals surface area contributed by atoms with Crippen LogP contribution in [-0.2, 0) is 4.74 Å². The van der Waals surface area contributed by atoms with Gasteiger partial charge in [-0.1, -0.05) is 0 Å². The van der Waals surface area contributed by atoms with E-state index in [1.165, 1.54) is 36.4 Å². The van der Waals surface area contributed by atoms with Crippen molar-refractivity contribution in [1.29, 1.82) is 0 Å². The van der Waals surface area contributed by atoms with Crippen molar-refractivity contribution in [1.82, 2.24) is 5.32 Å². The van der Waals surface area contributed by atoms with Gasteiger partial charge in [0.25, 0.3) is 17.3 Å². The zero-order valence-electron chi connectivity index (χ0n) is 16.5. The first-order valence-corrected chi connectivity index (χ1v) is 9.65. The molecule has 12 heteroatoms. The van der Waals surface area contributed by atoms with Gasteiger partial charge in [-0.2, -0.15) is 0 Å². The van der Waals surface area contributed by atoms with E-state index in [4.69, 9.17) is 17.0 Å². The Morgan fingerprint density at radius 1 is 1.10 bits per heavy atom. The summed E-state index contributed by atoms with van der Waals surface area (Å²) in [4.78, 5) is 35.7. The summed E-state index contributed by atoms with van der Waals surface area (Å²) in [5, 5.41) is 27.6. The fourth-order valence-corrected chi connectivity index (χ4v) is 3.32. The van der Waals surface area contributed by atoms with Gasteiger partial charge in [-0.15, -0.1) is 0 Å². The predicted octanol–water partition coefficient (Wildman–Crippen LogP) is 2.77. The molecule has 11 nitrogen and oxygen atoms in total. The van der Waals surface area contributed by atoms with Crippen LogP contribution in [-0.4, -0.2) is 47.2 Å². The van der Waals surface area contributed by atoms with Gasteiger partial charge in [0.1, 0.15) is 5.69 Å². The fourth-order valence-electron chi connectivity index (χ4n) is 3.11. The minimum Gasteiger partial charge on any atom is -0.378 e. The summed E-state index contributed by atoms with van der Waals surface area (Å²) in [6.45, 7) is 3.65. The average molecular weight is 445 g/mol. The van der Waals surface area contributed by atoms with Crippen molar-refractivity contribution in [2.75, 3.05) is 36.5 Å². The number of benzene rings is 2. The highest BCUT2D eigenvalue weighted by atomic mass is 32.1. The van der Waals surface area contributed by atoms with Crippen molar-refractivity contribution in [3.05, 3.63) is 67.8 Å².